The van der Waals surface area contributed by atoms with Gasteiger partial charge in [0.1, 0.15) is 12.0 Å². The van der Waals surface area contributed by atoms with E-state index in [1.807, 2.05) is 54.6 Å². The Bertz CT molecular complexity index is 2200. The first-order valence-corrected chi connectivity index (χ1v) is 17.2. The summed E-state index contributed by atoms with van der Waals surface area (Å²) in [5.41, 5.74) is 3.14. The molecule has 0 N–H and O–H groups in total. The van der Waals surface area contributed by atoms with Crippen LogP contribution in [-0.2, 0) is 0 Å². The Morgan fingerprint density at radius 1 is 0.660 bits per heavy atom. The predicted octanol–water partition coefficient (Wildman–Crippen LogP) is 9.57. The van der Waals surface area contributed by atoms with Crippen LogP contribution in [-0.4, -0.2) is 21.1 Å². The monoisotopic (exact) mass is 633 g/mol. The van der Waals surface area contributed by atoms with Crippen molar-refractivity contribution >= 4 is 34.9 Å². The van der Waals surface area contributed by atoms with Crippen molar-refractivity contribution in [1.29, 1.82) is 0 Å². The zero-order valence-corrected chi connectivity index (χ0v) is 26.4. The largest absolute Gasteiger partial charge is 0.242 e. The summed E-state index contributed by atoms with van der Waals surface area (Å²) in [6.45, 7) is 0. The van der Waals surface area contributed by atoms with Crippen molar-refractivity contribution < 1.29 is 8.78 Å². The van der Waals surface area contributed by atoms with Crippen LogP contribution in [0.1, 0.15) is 18.7 Å². The first-order chi connectivity index (χ1) is 23.1. The zero-order valence-electron chi connectivity index (χ0n) is 25.5. The third-order valence-electron chi connectivity index (χ3n) is 8.76. The summed E-state index contributed by atoms with van der Waals surface area (Å²) in [7, 11) is -0.807. The molecule has 3 aliphatic rings. The SMILES string of the molecule is Fc1ccc(-c2nc(C3=C4C=CC=CC4C(F)C=C3)nc(-c3cccc(P(C4=CCCC=C4)c4ccccc4)c3)n2)c2ccccc12. The van der Waals surface area contributed by atoms with E-state index in [-0.39, 0.29) is 5.82 Å². The van der Waals surface area contributed by atoms with Gasteiger partial charge in [-0.3, -0.25) is 0 Å². The van der Waals surface area contributed by atoms with Crippen LogP contribution in [0, 0.1) is 11.7 Å². The number of allylic oxidation sites excluding steroid dienone is 12. The number of fused-ring (bicyclic) bond motifs is 2. The number of alkyl halides is 1. The van der Waals surface area contributed by atoms with Crippen molar-refractivity contribution in [2.45, 2.75) is 19.0 Å². The van der Waals surface area contributed by atoms with E-state index in [2.05, 4.69) is 60.7 Å². The fourth-order valence-corrected chi connectivity index (χ4v) is 8.92. The van der Waals surface area contributed by atoms with Gasteiger partial charge in [0.2, 0.25) is 0 Å². The molecule has 3 unspecified atom stereocenters. The predicted molar refractivity (Wildman–Crippen MR) is 190 cm³/mol. The molecule has 3 aliphatic carbocycles. The fourth-order valence-electron chi connectivity index (χ4n) is 6.49. The lowest BCUT2D eigenvalue weighted by Crippen LogP contribution is -2.19. The molecule has 0 amide bonds. The van der Waals surface area contributed by atoms with Crippen LogP contribution in [0.5, 0.6) is 0 Å². The zero-order chi connectivity index (χ0) is 31.7. The lowest BCUT2D eigenvalue weighted by molar-refractivity contribution is 0.347. The van der Waals surface area contributed by atoms with Gasteiger partial charge in [-0.25, -0.2) is 23.7 Å². The highest BCUT2D eigenvalue weighted by Gasteiger charge is 2.29. The average Bonchev–Trinajstić information content (AvgIpc) is 3.13. The number of nitrogens with zero attached hydrogens (tertiary/aromatic N) is 3. The maximum Gasteiger partial charge on any atom is 0.164 e. The average molecular weight is 634 g/mol. The van der Waals surface area contributed by atoms with E-state index in [1.165, 1.54) is 22.0 Å². The van der Waals surface area contributed by atoms with Gasteiger partial charge in [-0.2, -0.15) is 0 Å². The molecule has 3 atom stereocenters. The minimum absolute atomic E-state index is 0.303. The highest BCUT2D eigenvalue weighted by molar-refractivity contribution is 7.77. The molecule has 0 saturated heterocycles. The molecule has 0 saturated carbocycles. The summed E-state index contributed by atoms with van der Waals surface area (Å²) in [6, 6.07) is 29.6. The van der Waals surface area contributed by atoms with Crippen LogP contribution in [0.15, 0.2) is 157 Å². The number of hydrogen-bond acceptors (Lipinski definition) is 3. The van der Waals surface area contributed by atoms with Crippen LogP contribution in [0.4, 0.5) is 8.78 Å². The van der Waals surface area contributed by atoms with E-state index in [9.17, 15) is 4.39 Å². The second-order valence-electron chi connectivity index (χ2n) is 11.7. The molecule has 0 bridgehead atoms. The molecule has 5 aromatic rings. The van der Waals surface area contributed by atoms with Crippen molar-refractivity contribution in [1.82, 2.24) is 15.0 Å². The molecule has 6 heteroatoms. The molecule has 0 spiro atoms. The molecule has 4 aromatic carbocycles. The van der Waals surface area contributed by atoms with Crippen molar-refractivity contribution in [2.24, 2.45) is 5.92 Å². The standard InChI is InChI=1S/C41H30F2N3P/c42-37-24-22-35(31-18-7-9-20-33(31)37)40-44-39(45-41(46-40)36-23-25-38(43)34-21-10-8-19-32(34)36)27-12-11-17-30(26-27)47(28-13-3-1-4-14-28)29-15-5-2-6-16-29/h1,3-5,7-26,33,37H,2,6H2. The van der Waals surface area contributed by atoms with Crippen LogP contribution in [0.25, 0.3) is 39.1 Å². The van der Waals surface area contributed by atoms with Crippen molar-refractivity contribution in [3.63, 3.8) is 0 Å². The van der Waals surface area contributed by atoms with Gasteiger partial charge in [0.05, 0.1) is 0 Å². The Labute approximate surface area is 273 Å². The fraction of sp³-hybridized carbons (Fsp3) is 0.0976. The highest BCUT2D eigenvalue weighted by atomic mass is 31.1. The summed E-state index contributed by atoms with van der Waals surface area (Å²) in [5.74, 6) is 0.681. The van der Waals surface area contributed by atoms with Crippen molar-refractivity contribution in [3.05, 3.63) is 168 Å². The minimum atomic E-state index is -1.13. The Hall–Kier alpha value is -5.12. The molecule has 1 aromatic heterocycles. The van der Waals surface area contributed by atoms with Gasteiger partial charge in [0, 0.05) is 28.0 Å². The van der Waals surface area contributed by atoms with Gasteiger partial charge >= 0.3 is 0 Å². The number of aromatic nitrogens is 3. The maximum atomic E-state index is 15.0. The van der Waals surface area contributed by atoms with E-state index in [4.69, 9.17) is 15.0 Å². The lowest BCUT2D eigenvalue weighted by atomic mass is 9.83. The van der Waals surface area contributed by atoms with Crippen molar-refractivity contribution in [2.75, 3.05) is 0 Å². The topological polar surface area (TPSA) is 38.7 Å². The Morgan fingerprint density at radius 2 is 1.45 bits per heavy atom. The van der Waals surface area contributed by atoms with E-state index >= 15 is 4.39 Å². The van der Waals surface area contributed by atoms with Gasteiger partial charge in [-0.1, -0.05) is 121 Å². The van der Waals surface area contributed by atoms with Gasteiger partial charge in [0.25, 0.3) is 0 Å². The van der Waals surface area contributed by atoms with Crippen LogP contribution in [0.2, 0.25) is 0 Å². The molecule has 1 heterocycles. The highest BCUT2D eigenvalue weighted by Crippen LogP contribution is 2.45. The van der Waals surface area contributed by atoms with Crippen molar-refractivity contribution in [3.8, 4) is 22.8 Å². The normalized spacial score (nSPS) is 19.1. The number of hydrogen-bond donors (Lipinski definition) is 0. The molecule has 228 valence electrons. The Morgan fingerprint density at radius 3 is 2.30 bits per heavy atom. The van der Waals surface area contributed by atoms with E-state index in [0.717, 1.165) is 29.6 Å². The van der Waals surface area contributed by atoms with Crippen LogP contribution in [0.3, 0.4) is 0 Å². The third-order valence-corrected chi connectivity index (χ3v) is 11.2. The molecule has 47 heavy (non-hydrogen) atoms. The summed E-state index contributed by atoms with van der Waals surface area (Å²) in [6.07, 6.45) is 18.8. The summed E-state index contributed by atoms with van der Waals surface area (Å²) < 4.78 is 29.9. The smallest absolute Gasteiger partial charge is 0.164 e. The number of halogens is 2. The number of benzene rings is 4. The van der Waals surface area contributed by atoms with E-state index < -0.39 is 20.0 Å². The molecular formula is C41H30F2N3P. The summed E-state index contributed by atoms with van der Waals surface area (Å²) in [5, 5.41) is 5.01. The third kappa shape index (κ3) is 5.62. The van der Waals surface area contributed by atoms with Gasteiger partial charge < -0.3 is 0 Å². The van der Waals surface area contributed by atoms with E-state index in [1.54, 1.807) is 24.3 Å². The van der Waals surface area contributed by atoms with Gasteiger partial charge in [0.15, 0.2) is 17.5 Å². The Balaban J connectivity index is 1.33. The summed E-state index contributed by atoms with van der Waals surface area (Å²) >= 11 is 0. The molecule has 0 fully saturated rings. The quantitative estimate of drug-likeness (QED) is 0.175. The first-order valence-electron chi connectivity index (χ1n) is 15.8. The molecule has 8 rings (SSSR count). The summed E-state index contributed by atoms with van der Waals surface area (Å²) in [4.78, 5) is 15.1. The molecule has 3 nitrogen and oxygen atoms in total. The van der Waals surface area contributed by atoms with Crippen LogP contribution >= 0.6 is 7.92 Å². The van der Waals surface area contributed by atoms with Crippen LogP contribution < -0.4 is 10.6 Å². The molecular weight excluding hydrogens is 603 g/mol. The molecule has 0 radical (unpaired) electrons. The molecule has 0 aliphatic heterocycles. The van der Waals surface area contributed by atoms with Gasteiger partial charge in [-0.15, -0.1) is 0 Å². The van der Waals surface area contributed by atoms with E-state index in [0.29, 0.717) is 33.8 Å². The second kappa shape index (κ2) is 12.6. The maximum absolute atomic E-state index is 15.0. The van der Waals surface area contributed by atoms with Gasteiger partial charge in [-0.05, 0) is 71.9 Å². The first kappa shape index (κ1) is 29.3. The number of rotatable bonds is 6. The second-order valence-corrected chi connectivity index (χ2v) is 13.9. The minimum Gasteiger partial charge on any atom is -0.242 e. The lowest BCUT2D eigenvalue weighted by Gasteiger charge is -2.25. The Kier molecular flexibility index (Phi) is 7.84.